The number of pyridine rings is 2. The number of halogens is 3. The number of hydrogen-bond donors (Lipinski definition) is 3. The maximum Gasteiger partial charge on any atom is 0.211 e. The van der Waals surface area contributed by atoms with E-state index in [1.165, 1.54) is 29.0 Å². The van der Waals surface area contributed by atoms with Gasteiger partial charge in [0.2, 0.25) is 10.0 Å². The van der Waals surface area contributed by atoms with Crippen LogP contribution >= 0.6 is 23.2 Å². The van der Waals surface area contributed by atoms with Crippen LogP contribution in [0.25, 0.3) is 0 Å². The molecule has 4 rings (SSSR count). The molecule has 0 bridgehead atoms. The minimum absolute atomic E-state index is 0.00214. The van der Waals surface area contributed by atoms with Crippen LogP contribution in [0.15, 0.2) is 36.7 Å². The van der Waals surface area contributed by atoms with Gasteiger partial charge in [-0.2, -0.15) is 4.31 Å². The minimum atomic E-state index is -3.24. The van der Waals surface area contributed by atoms with Gasteiger partial charge in [0.05, 0.1) is 27.7 Å². The molecular formula is C24H26Cl2FN7O3S. The molecule has 5 N–H and O–H groups in total. The van der Waals surface area contributed by atoms with Gasteiger partial charge in [-0.1, -0.05) is 23.2 Å². The highest BCUT2D eigenvalue weighted by molar-refractivity contribution is 7.88. The Bertz CT molecular complexity index is 1480. The average molecular weight is 582 g/mol. The summed E-state index contributed by atoms with van der Waals surface area (Å²) in [7, 11) is -3.24. The molecule has 10 nitrogen and oxygen atoms in total. The van der Waals surface area contributed by atoms with E-state index >= 15 is 0 Å². The van der Waals surface area contributed by atoms with Crippen LogP contribution in [0.2, 0.25) is 10.0 Å². The zero-order valence-corrected chi connectivity index (χ0v) is 22.9. The predicted molar refractivity (Wildman–Crippen MR) is 146 cm³/mol. The third kappa shape index (κ3) is 5.84. The van der Waals surface area contributed by atoms with Gasteiger partial charge in [-0.3, -0.25) is 16.1 Å². The molecule has 3 heterocycles. The van der Waals surface area contributed by atoms with Crippen molar-refractivity contribution in [1.29, 1.82) is 5.41 Å². The fourth-order valence-electron chi connectivity index (χ4n) is 4.04. The summed E-state index contributed by atoms with van der Waals surface area (Å²) in [5.74, 6) is -0.353. The van der Waals surface area contributed by atoms with Gasteiger partial charge >= 0.3 is 0 Å². The van der Waals surface area contributed by atoms with Crippen molar-refractivity contribution in [2.75, 3.05) is 43.1 Å². The van der Waals surface area contributed by atoms with Gasteiger partial charge in [-0.25, -0.2) is 17.8 Å². The van der Waals surface area contributed by atoms with Crippen LogP contribution in [0.3, 0.4) is 0 Å². The lowest BCUT2D eigenvalue weighted by Gasteiger charge is -2.34. The number of benzene rings is 1. The van der Waals surface area contributed by atoms with Crippen molar-refractivity contribution in [3.63, 3.8) is 0 Å². The van der Waals surface area contributed by atoms with E-state index in [9.17, 15) is 12.8 Å². The Labute approximate surface area is 229 Å². The lowest BCUT2D eigenvalue weighted by Crippen LogP contribution is -2.48. The van der Waals surface area contributed by atoms with E-state index in [1.54, 1.807) is 19.1 Å². The largest absolute Gasteiger partial charge is 0.468 e. The van der Waals surface area contributed by atoms with Gasteiger partial charge in [0.15, 0.2) is 17.8 Å². The topological polar surface area (TPSA) is 152 Å². The molecule has 1 aromatic carbocycles. The van der Waals surface area contributed by atoms with E-state index in [0.717, 1.165) is 6.07 Å². The van der Waals surface area contributed by atoms with Crippen LogP contribution in [-0.2, 0) is 10.0 Å². The van der Waals surface area contributed by atoms with Crippen molar-refractivity contribution in [1.82, 2.24) is 14.3 Å². The summed E-state index contributed by atoms with van der Waals surface area (Å²) < 4.78 is 45.3. The molecule has 0 spiro atoms. The molecule has 3 aromatic rings. The molecular weight excluding hydrogens is 556 g/mol. The van der Waals surface area contributed by atoms with Crippen molar-refractivity contribution in [2.45, 2.75) is 13.2 Å². The smallest absolute Gasteiger partial charge is 0.211 e. The molecule has 0 unspecified atom stereocenters. The number of sulfonamides is 1. The van der Waals surface area contributed by atoms with E-state index in [0.29, 0.717) is 43.3 Å². The number of nitrogen functional groups attached to an aromatic ring is 1. The van der Waals surface area contributed by atoms with E-state index in [1.807, 2.05) is 4.90 Å². The fraction of sp³-hybridized carbons (Fsp3) is 0.292. The number of aromatic nitrogens is 2. The number of nitrogens with two attached hydrogens (primary N) is 2. The number of nitrogens with one attached hydrogen (secondary N) is 1. The Balaban J connectivity index is 1.53. The molecule has 0 radical (unpaired) electrons. The Morgan fingerprint density at radius 1 is 1.16 bits per heavy atom. The molecule has 1 fully saturated rings. The first-order valence-electron chi connectivity index (χ1n) is 11.4. The van der Waals surface area contributed by atoms with Crippen LogP contribution in [0.5, 0.6) is 5.75 Å². The first-order valence-corrected chi connectivity index (χ1v) is 14.0. The zero-order chi connectivity index (χ0) is 27.8. The quantitative estimate of drug-likeness (QED) is 0.218. The van der Waals surface area contributed by atoms with Crippen molar-refractivity contribution < 1.29 is 17.5 Å². The van der Waals surface area contributed by atoms with Crippen LogP contribution in [-0.4, -0.2) is 60.8 Å². The summed E-state index contributed by atoms with van der Waals surface area (Å²) in [5, 5.41) is 9.04. The number of nitrogens with zero attached hydrogens (tertiary/aromatic N) is 4. The molecule has 1 saturated heterocycles. The Morgan fingerprint density at radius 3 is 2.45 bits per heavy atom. The monoisotopic (exact) mass is 581 g/mol. The predicted octanol–water partition coefficient (Wildman–Crippen LogP) is 3.35. The lowest BCUT2D eigenvalue weighted by atomic mass is 10.0. The molecule has 0 aliphatic carbocycles. The van der Waals surface area contributed by atoms with Crippen LogP contribution in [0.1, 0.15) is 28.6 Å². The van der Waals surface area contributed by atoms with Crippen LogP contribution in [0, 0.1) is 18.2 Å². The summed E-state index contributed by atoms with van der Waals surface area (Å²) in [5.41, 5.74) is 13.6. The highest BCUT2D eigenvalue weighted by atomic mass is 35.5. The summed E-state index contributed by atoms with van der Waals surface area (Å²) >= 11 is 12.5. The highest BCUT2D eigenvalue weighted by Gasteiger charge is 2.25. The summed E-state index contributed by atoms with van der Waals surface area (Å²) in [6, 6.07) is 5.78. The second-order valence-corrected chi connectivity index (χ2v) is 11.5. The second kappa shape index (κ2) is 11.0. The Hall–Kier alpha value is -3.03. The number of ether oxygens (including phenoxy) is 1. The zero-order valence-electron chi connectivity index (χ0n) is 20.6. The summed E-state index contributed by atoms with van der Waals surface area (Å²) in [4.78, 5) is 10.4. The standard InChI is InChI=1S/C24H26Cl2FN7O3S/c1-13-22(26)21(16(25)12-31-13)24(30)37-19-9-15(18(28)10-17(19)27)23(29)14-3-4-20(32-11-14)33-5-7-34(8-6-33)38(2,35)36/h3-4,9-12,24,29H,5-8,28,30H2,1-2H3/t24-/m0/s1. The molecule has 0 amide bonds. The molecule has 14 heteroatoms. The van der Waals surface area contributed by atoms with Crippen molar-refractivity contribution in [3.8, 4) is 5.75 Å². The third-order valence-corrected chi connectivity index (χ3v) is 8.24. The number of piperazine rings is 1. The number of aryl methyl sites for hydroxylation is 1. The number of hydrogen-bond acceptors (Lipinski definition) is 9. The van der Waals surface area contributed by atoms with E-state index in [2.05, 4.69) is 9.97 Å². The van der Waals surface area contributed by atoms with Gasteiger partial charge in [-0.15, -0.1) is 0 Å². The van der Waals surface area contributed by atoms with Gasteiger partial charge in [0, 0.05) is 67.0 Å². The molecule has 0 saturated carbocycles. The maximum atomic E-state index is 14.7. The van der Waals surface area contributed by atoms with Crippen molar-refractivity contribution >= 4 is 50.4 Å². The molecule has 2 aromatic heterocycles. The Kier molecular flexibility index (Phi) is 8.09. The molecule has 202 valence electrons. The highest BCUT2D eigenvalue weighted by Crippen LogP contribution is 2.34. The first kappa shape index (κ1) is 28.0. The molecule has 38 heavy (non-hydrogen) atoms. The van der Waals surface area contributed by atoms with E-state index in [-0.39, 0.29) is 38.3 Å². The first-order chi connectivity index (χ1) is 17.9. The summed E-state index contributed by atoms with van der Waals surface area (Å²) in [6.45, 7) is 3.39. The van der Waals surface area contributed by atoms with Crippen LogP contribution < -0.4 is 21.1 Å². The van der Waals surface area contributed by atoms with E-state index in [4.69, 9.17) is 44.8 Å². The number of anilines is 2. The third-order valence-electron chi connectivity index (χ3n) is 6.16. The van der Waals surface area contributed by atoms with Gasteiger partial charge in [-0.05, 0) is 25.1 Å². The molecule has 1 atom stereocenters. The van der Waals surface area contributed by atoms with E-state index < -0.39 is 22.1 Å². The van der Waals surface area contributed by atoms with Crippen molar-refractivity contribution in [2.24, 2.45) is 5.73 Å². The normalized spacial score (nSPS) is 15.4. The van der Waals surface area contributed by atoms with Crippen molar-refractivity contribution in [3.05, 3.63) is 74.9 Å². The fourth-order valence-corrected chi connectivity index (χ4v) is 5.42. The SMILES string of the molecule is Cc1ncc(Cl)c([C@@H](N)Oc2cc(C(=N)c3ccc(N4CCN(S(C)(=O)=O)CC4)nc3)c(N)cc2F)c1Cl. The average Bonchev–Trinajstić information content (AvgIpc) is 2.87. The Morgan fingerprint density at radius 2 is 1.84 bits per heavy atom. The lowest BCUT2D eigenvalue weighted by molar-refractivity contribution is 0.204. The second-order valence-electron chi connectivity index (χ2n) is 8.76. The molecule has 1 aliphatic rings. The minimum Gasteiger partial charge on any atom is -0.468 e. The van der Waals surface area contributed by atoms with Gasteiger partial charge < -0.3 is 15.4 Å². The molecule has 1 aliphatic heterocycles. The van der Waals surface area contributed by atoms with Gasteiger partial charge in [0.1, 0.15) is 5.82 Å². The summed E-state index contributed by atoms with van der Waals surface area (Å²) in [6.07, 6.45) is 2.87. The van der Waals surface area contributed by atoms with Crippen LogP contribution in [0.4, 0.5) is 15.9 Å². The maximum absolute atomic E-state index is 14.7. The van der Waals surface area contributed by atoms with Gasteiger partial charge in [0.25, 0.3) is 0 Å². The number of rotatable bonds is 7.